The molecule has 1 aromatic rings. The van der Waals surface area contributed by atoms with Crippen molar-refractivity contribution in [2.45, 2.75) is 44.0 Å². The first-order chi connectivity index (χ1) is 10.2. The first-order valence-electron chi connectivity index (χ1n) is 7.88. The van der Waals surface area contributed by atoms with Crippen molar-refractivity contribution in [2.75, 3.05) is 19.6 Å². The first-order valence-corrected chi connectivity index (χ1v) is 9.00. The number of nitrogens with one attached hydrogen (secondary N) is 1. The smallest absolute Gasteiger partial charge is 0.251 e. The Morgan fingerprint density at radius 3 is 2.76 bits per heavy atom. The molecular formula is C17H25BrN2O. The maximum Gasteiger partial charge on any atom is 0.251 e. The van der Waals surface area contributed by atoms with Crippen LogP contribution >= 0.6 is 15.9 Å². The van der Waals surface area contributed by atoms with E-state index in [1.54, 1.807) is 0 Å². The Morgan fingerprint density at radius 1 is 1.33 bits per heavy atom. The molecule has 4 heteroatoms. The Balaban J connectivity index is 1.68. The van der Waals surface area contributed by atoms with Crippen LogP contribution in [0.4, 0.5) is 0 Å². The average Bonchev–Trinajstić information content (AvgIpc) is 2.53. The van der Waals surface area contributed by atoms with Crippen LogP contribution in [0.15, 0.2) is 24.3 Å². The number of hydrogen-bond donors (Lipinski definition) is 1. The van der Waals surface area contributed by atoms with E-state index in [9.17, 15) is 4.79 Å². The number of nitrogens with zero attached hydrogens (tertiary/aromatic N) is 1. The van der Waals surface area contributed by atoms with Crippen molar-refractivity contribution in [1.29, 1.82) is 0 Å². The molecule has 21 heavy (non-hydrogen) atoms. The van der Waals surface area contributed by atoms with Crippen molar-refractivity contribution < 1.29 is 4.79 Å². The molecule has 116 valence electrons. The molecule has 1 aliphatic heterocycles. The molecule has 1 heterocycles. The van der Waals surface area contributed by atoms with Crippen LogP contribution in [0, 0.1) is 0 Å². The van der Waals surface area contributed by atoms with Crippen LogP contribution in [0.3, 0.4) is 0 Å². The van der Waals surface area contributed by atoms with E-state index in [0.717, 1.165) is 30.4 Å². The van der Waals surface area contributed by atoms with Crippen molar-refractivity contribution in [1.82, 2.24) is 10.2 Å². The first kappa shape index (κ1) is 16.5. The quantitative estimate of drug-likeness (QED) is 0.626. The highest BCUT2D eigenvalue weighted by molar-refractivity contribution is 9.08. The highest BCUT2D eigenvalue weighted by Gasteiger charge is 2.17. The van der Waals surface area contributed by atoms with Gasteiger partial charge in [-0.25, -0.2) is 0 Å². The Bertz CT molecular complexity index is 447. The van der Waals surface area contributed by atoms with Gasteiger partial charge >= 0.3 is 0 Å². The Morgan fingerprint density at radius 2 is 2.10 bits per heavy atom. The van der Waals surface area contributed by atoms with Gasteiger partial charge in [-0.3, -0.25) is 4.79 Å². The molecule has 1 amide bonds. The molecule has 0 radical (unpaired) electrons. The second-order valence-corrected chi connectivity index (χ2v) is 6.38. The van der Waals surface area contributed by atoms with E-state index in [4.69, 9.17) is 0 Å². The largest absolute Gasteiger partial charge is 0.352 e. The lowest BCUT2D eigenvalue weighted by atomic mass is 10.0. The molecule has 3 nitrogen and oxygen atoms in total. The fraction of sp³-hybridized carbons (Fsp3) is 0.588. The van der Waals surface area contributed by atoms with Gasteiger partial charge in [-0.2, -0.15) is 0 Å². The molecule has 1 aliphatic rings. The summed E-state index contributed by atoms with van der Waals surface area (Å²) >= 11 is 3.41. The van der Waals surface area contributed by atoms with Gasteiger partial charge in [0.1, 0.15) is 0 Å². The zero-order chi connectivity index (χ0) is 15.1. The molecule has 0 aliphatic carbocycles. The molecule has 0 bridgehead atoms. The number of benzene rings is 1. The normalized spacial score (nSPS) is 19.4. The van der Waals surface area contributed by atoms with Gasteiger partial charge in [0.2, 0.25) is 0 Å². The Labute approximate surface area is 136 Å². The third-order valence-corrected chi connectivity index (χ3v) is 4.87. The number of carbonyl (C=O) groups is 1. The van der Waals surface area contributed by atoms with Gasteiger partial charge in [-0.1, -0.05) is 34.5 Å². The summed E-state index contributed by atoms with van der Waals surface area (Å²) in [6.07, 6.45) is 5.01. The van der Waals surface area contributed by atoms with Crippen molar-refractivity contribution in [3.8, 4) is 0 Å². The third kappa shape index (κ3) is 5.11. The summed E-state index contributed by atoms with van der Waals surface area (Å²) in [6.45, 7) is 5.36. The zero-order valence-corrected chi connectivity index (χ0v) is 14.4. The molecule has 1 fully saturated rings. The van der Waals surface area contributed by atoms with E-state index in [1.165, 1.54) is 31.4 Å². The lowest BCUT2D eigenvalue weighted by Crippen LogP contribution is -2.39. The summed E-state index contributed by atoms with van der Waals surface area (Å²) in [5.74, 6) is 0.0304. The standard InChI is InChI=1S/C17H25BrN2O/c1-14-5-2-3-11-20(14)12-4-10-19-17(21)16-8-6-15(13-18)7-9-16/h6-9,14H,2-5,10-13H2,1H3,(H,19,21). The fourth-order valence-corrected chi connectivity index (χ4v) is 3.19. The van der Waals surface area contributed by atoms with Crippen LogP contribution in [0.5, 0.6) is 0 Å². The van der Waals surface area contributed by atoms with Crippen LogP contribution in [0.2, 0.25) is 0 Å². The second kappa shape index (κ2) is 8.54. The monoisotopic (exact) mass is 352 g/mol. The third-order valence-electron chi connectivity index (χ3n) is 4.22. The zero-order valence-electron chi connectivity index (χ0n) is 12.8. The molecule has 1 atom stereocenters. The molecule has 1 saturated heterocycles. The number of rotatable bonds is 6. The second-order valence-electron chi connectivity index (χ2n) is 5.82. The number of amides is 1. The Kier molecular flexibility index (Phi) is 6.71. The number of piperidine rings is 1. The highest BCUT2D eigenvalue weighted by Crippen LogP contribution is 2.16. The van der Waals surface area contributed by atoms with Gasteiger partial charge in [0.05, 0.1) is 0 Å². The lowest BCUT2D eigenvalue weighted by molar-refractivity contribution is 0.0949. The molecule has 1 N–H and O–H groups in total. The van der Waals surface area contributed by atoms with Crippen LogP contribution in [0.25, 0.3) is 0 Å². The highest BCUT2D eigenvalue weighted by atomic mass is 79.9. The predicted molar refractivity (Wildman–Crippen MR) is 90.9 cm³/mol. The van der Waals surface area contributed by atoms with Crippen LogP contribution in [-0.4, -0.2) is 36.5 Å². The number of likely N-dealkylation sites (tertiary alicyclic amines) is 1. The maximum absolute atomic E-state index is 12.0. The number of halogens is 1. The van der Waals surface area contributed by atoms with E-state index in [2.05, 4.69) is 33.1 Å². The van der Waals surface area contributed by atoms with E-state index in [-0.39, 0.29) is 5.91 Å². The van der Waals surface area contributed by atoms with E-state index in [0.29, 0.717) is 6.04 Å². The number of hydrogen-bond acceptors (Lipinski definition) is 2. The molecule has 0 saturated carbocycles. The van der Waals surface area contributed by atoms with Gasteiger partial charge in [-0.05, 0) is 50.4 Å². The van der Waals surface area contributed by atoms with Gasteiger partial charge in [-0.15, -0.1) is 0 Å². The van der Waals surface area contributed by atoms with E-state index in [1.807, 2.05) is 24.3 Å². The van der Waals surface area contributed by atoms with E-state index >= 15 is 0 Å². The van der Waals surface area contributed by atoms with Crippen molar-refractivity contribution in [3.63, 3.8) is 0 Å². The van der Waals surface area contributed by atoms with Crippen LogP contribution in [0.1, 0.15) is 48.5 Å². The van der Waals surface area contributed by atoms with Gasteiger partial charge in [0.25, 0.3) is 5.91 Å². The van der Waals surface area contributed by atoms with Gasteiger partial charge < -0.3 is 10.2 Å². The topological polar surface area (TPSA) is 32.3 Å². The molecule has 0 spiro atoms. The van der Waals surface area contributed by atoms with Gasteiger partial charge in [0, 0.05) is 30.0 Å². The summed E-state index contributed by atoms with van der Waals surface area (Å²) in [7, 11) is 0. The minimum atomic E-state index is 0.0304. The maximum atomic E-state index is 12.0. The molecule has 0 aromatic heterocycles. The summed E-state index contributed by atoms with van der Waals surface area (Å²) in [5.41, 5.74) is 1.93. The average molecular weight is 353 g/mol. The van der Waals surface area contributed by atoms with Crippen molar-refractivity contribution in [3.05, 3.63) is 35.4 Å². The SMILES string of the molecule is CC1CCCCN1CCCNC(=O)c1ccc(CBr)cc1. The van der Waals surface area contributed by atoms with Gasteiger partial charge in [0.15, 0.2) is 0 Å². The molecular weight excluding hydrogens is 328 g/mol. The summed E-state index contributed by atoms with van der Waals surface area (Å²) in [6, 6.07) is 8.45. The van der Waals surface area contributed by atoms with Crippen LogP contribution in [-0.2, 0) is 5.33 Å². The van der Waals surface area contributed by atoms with Crippen molar-refractivity contribution in [2.24, 2.45) is 0 Å². The summed E-state index contributed by atoms with van der Waals surface area (Å²) in [4.78, 5) is 14.6. The predicted octanol–water partition coefficient (Wildman–Crippen LogP) is 3.58. The summed E-state index contributed by atoms with van der Waals surface area (Å²) in [5, 5.41) is 3.84. The number of alkyl halides is 1. The minimum absolute atomic E-state index is 0.0304. The minimum Gasteiger partial charge on any atom is -0.352 e. The Hall–Kier alpha value is -0.870. The molecule has 2 rings (SSSR count). The molecule has 1 unspecified atom stereocenters. The lowest BCUT2D eigenvalue weighted by Gasteiger charge is -2.33. The van der Waals surface area contributed by atoms with E-state index < -0.39 is 0 Å². The number of carbonyl (C=O) groups excluding carboxylic acids is 1. The molecule has 1 aromatic carbocycles. The van der Waals surface area contributed by atoms with Crippen molar-refractivity contribution >= 4 is 21.8 Å². The summed E-state index contributed by atoms with van der Waals surface area (Å²) < 4.78 is 0. The van der Waals surface area contributed by atoms with Crippen LogP contribution < -0.4 is 5.32 Å². The fourth-order valence-electron chi connectivity index (χ4n) is 2.82.